The summed E-state index contributed by atoms with van der Waals surface area (Å²) in [4.78, 5) is 0. The highest BCUT2D eigenvalue weighted by Crippen LogP contribution is 2.28. The van der Waals surface area contributed by atoms with Crippen molar-refractivity contribution in [3.8, 4) is 11.5 Å². The topological polar surface area (TPSA) is 59.3 Å². The van der Waals surface area contributed by atoms with E-state index in [-0.39, 0.29) is 11.8 Å². The summed E-state index contributed by atoms with van der Waals surface area (Å²) < 4.78 is 6.93. The molecule has 2 N–H and O–H groups in total. The zero-order chi connectivity index (χ0) is 14.5. The molecular weight excluding hydrogens is 254 g/mol. The molecule has 0 aliphatic heterocycles. The average molecular weight is 275 g/mol. The highest BCUT2D eigenvalue weighted by molar-refractivity contribution is 5.42. The molecule has 0 fully saturated rings. The number of aromatic hydroxyl groups is 1. The summed E-state index contributed by atoms with van der Waals surface area (Å²) in [6.45, 7) is 2.94. The van der Waals surface area contributed by atoms with Crippen LogP contribution in [0.15, 0.2) is 30.5 Å². The molecule has 2 aromatic rings. The largest absolute Gasteiger partial charge is 0.504 e. The number of nitrogens with one attached hydrogen (secondary N) is 1. The molecule has 0 bridgehead atoms. The Labute approximate surface area is 119 Å². The number of hydrogen-bond donors (Lipinski definition) is 2. The van der Waals surface area contributed by atoms with Crippen molar-refractivity contribution < 1.29 is 9.84 Å². The molecule has 0 radical (unpaired) electrons. The SMILES string of the molecule is COc1cc(C(C)NCCc2ccn(C)n2)ccc1O. The fraction of sp³-hybridized carbons (Fsp3) is 0.400. The first kappa shape index (κ1) is 14.4. The molecule has 1 unspecified atom stereocenters. The van der Waals surface area contributed by atoms with Crippen LogP contribution in [0.25, 0.3) is 0 Å². The minimum absolute atomic E-state index is 0.164. The van der Waals surface area contributed by atoms with Crippen molar-refractivity contribution >= 4 is 0 Å². The number of hydrogen-bond acceptors (Lipinski definition) is 4. The van der Waals surface area contributed by atoms with Gasteiger partial charge in [0.15, 0.2) is 11.5 Å². The lowest BCUT2D eigenvalue weighted by molar-refractivity contribution is 0.372. The minimum Gasteiger partial charge on any atom is -0.504 e. The summed E-state index contributed by atoms with van der Waals surface area (Å²) >= 11 is 0. The normalized spacial score (nSPS) is 12.3. The van der Waals surface area contributed by atoms with E-state index in [0.29, 0.717) is 5.75 Å². The summed E-state index contributed by atoms with van der Waals surface area (Å²) in [5, 5.41) is 17.4. The van der Waals surface area contributed by atoms with Gasteiger partial charge in [0.1, 0.15) is 0 Å². The highest BCUT2D eigenvalue weighted by atomic mass is 16.5. The number of ether oxygens (including phenoxy) is 1. The van der Waals surface area contributed by atoms with E-state index in [1.807, 2.05) is 36.1 Å². The summed E-state index contributed by atoms with van der Waals surface area (Å²) in [7, 11) is 3.47. The van der Waals surface area contributed by atoms with Crippen molar-refractivity contribution in [2.75, 3.05) is 13.7 Å². The van der Waals surface area contributed by atoms with Gasteiger partial charge in [-0.2, -0.15) is 5.10 Å². The predicted octanol–water partition coefficient (Wildman–Crippen LogP) is 2.03. The number of aryl methyl sites for hydroxylation is 1. The van der Waals surface area contributed by atoms with Gasteiger partial charge in [0, 0.05) is 32.3 Å². The van der Waals surface area contributed by atoms with Crippen molar-refractivity contribution in [2.24, 2.45) is 7.05 Å². The van der Waals surface area contributed by atoms with Gasteiger partial charge >= 0.3 is 0 Å². The Morgan fingerprint density at radius 3 is 2.85 bits per heavy atom. The van der Waals surface area contributed by atoms with E-state index in [9.17, 15) is 5.11 Å². The highest BCUT2D eigenvalue weighted by Gasteiger charge is 2.09. The molecular formula is C15H21N3O2. The van der Waals surface area contributed by atoms with Gasteiger partial charge in [-0.15, -0.1) is 0 Å². The molecule has 5 heteroatoms. The molecule has 1 heterocycles. The van der Waals surface area contributed by atoms with Crippen molar-refractivity contribution in [2.45, 2.75) is 19.4 Å². The number of phenolic OH excluding ortho intramolecular Hbond substituents is 1. The van der Waals surface area contributed by atoms with Crippen molar-refractivity contribution in [3.05, 3.63) is 41.7 Å². The van der Waals surface area contributed by atoms with Crippen LogP contribution in [-0.2, 0) is 13.5 Å². The molecule has 1 aromatic carbocycles. The number of nitrogens with zero attached hydrogens (tertiary/aromatic N) is 2. The van der Waals surface area contributed by atoms with E-state index in [2.05, 4.69) is 17.3 Å². The van der Waals surface area contributed by atoms with E-state index in [0.717, 1.165) is 24.2 Å². The Morgan fingerprint density at radius 1 is 1.40 bits per heavy atom. The molecule has 0 saturated carbocycles. The van der Waals surface area contributed by atoms with Gasteiger partial charge in [0.05, 0.1) is 12.8 Å². The van der Waals surface area contributed by atoms with Gasteiger partial charge in [-0.25, -0.2) is 0 Å². The lowest BCUT2D eigenvalue weighted by Gasteiger charge is -2.15. The number of rotatable bonds is 6. The Kier molecular flexibility index (Phi) is 4.63. The maximum absolute atomic E-state index is 9.59. The Morgan fingerprint density at radius 2 is 2.20 bits per heavy atom. The standard InChI is InChI=1S/C15H21N3O2/c1-11(12-4-5-14(19)15(10-12)20-3)16-8-6-13-7-9-18(2)17-13/h4-5,7,9-11,16,19H,6,8H2,1-3H3. The molecule has 0 saturated heterocycles. The monoisotopic (exact) mass is 275 g/mol. The first-order valence-electron chi connectivity index (χ1n) is 6.69. The van der Waals surface area contributed by atoms with Crippen molar-refractivity contribution in [1.82, 2.24) is 15.1 Å². The van der Waals surface area contributed by atoms with E-state index < -0.39 is 0 Å². The summed E-state index contributed by atoms with van der Waals surface area (Å²) in [6, 6.07) is 7.62. The van der Waals surface area contributed by atoms with Crippen LogP contribution in [0.2, 0.25) is 0 Å². The van der Waals surface area contributed by atoms with Gasteiger partial charge in [-0.1, -0.05) is 6.07 Å². The molecule has 108 valence electrons. The fourth-order valence-corrected chi connectivity index (χ4v) is 2.09. The second kappa shape index (κ2) is 6.43. The minimum atomic E-state index is 0.164. The fourth-order valence-electron chi connectivity index (χ4n) is 2.09. The molecule has 0 amide bonds. The number of benzene rings is 1. The zero-order valence-electron chi connectivity index (χ0n) is 12.1. The predicted molar refractivity (Wildman–Crippen MR) is 78.0 cm³/mol. The van der Waals surface area contributed by atoms with Crippen LogP contribution >= 0.6 is 0 Å². The van der Waals surface area contributed by atoms with E-state index in [1.165, 1.54) is 0 Å². The Balaban J connectivity index is 1.89. The molecule has 0 aliphatic rings. The van der Waals surface area contributed by atoms with Crippen LogP contribution in [0.4, 0.5) is 0 Å². The summed E-state index contributed by atoms with van der Waals surface area (Å²) in [5.41, 5.74) is 2.16. The average Bonchev–Trinajstić information content (AvgIpc) is 2.85. The molecule has 1 atom stereocenters. The third-order valence-electron chi connectivity index (χ3n) is 3.30. The maximum Gasteiger partial charge on any atom is 0.160 e. The van der Waals surface area contributed by atoms with Crippen LogP contribution in [0, 0.1) is 0 Å². The molecule has 0 spiro atoms. The van der Waals surface area contributed by atoms with E-state index in [4.69, 9.17) is 4.74 Å². The van der Waals surface area contributed by atoms with E-state index >= 15 is 0 Å². The molecule has 20 heavy (non-hydrogen) atoms. The van der Waals surface area contributed by atoms with Gasteiger partial charge in [0.2, 0.25) is 0 Å². The van der Waals surface area contributed by atoms with Crippen LogP contribution in [0.3, 0.4) is 0 Å². The zero-order valence-corrected chi connectivity index (χ0v) is 12.1. The maximum atomic E-state index is 9.59. The lowest BCUT2D eigenvalue weighted by Crippen LogP contribution is -2.21. The van der Waals surface area contributed by atoms with Crippen molar-refractivity contribution in [1.29, 1.82) is 0 Å². The molecule has 2 rings (SSSR count). The molecule has 1 aromatic heterocycles. The second-order valence-corrected chi connectivity index (χ2v) is 4.84. The lowest BCUT2D eigenvalue weighted by atomic mass is 10.1. The van der Waals surface area contributed by atoms with Gasteiger partial charge in [-0.05, 0) is 30.7 Å². The first-order valence-corrected chi connectivity index (χ1v) is 6.69. The summed E-state index contributed by atoms with van der Waals surface area (Å²) in [5.74, 6) is 0.665. The van der Waals surface area contributed by atoms with Gasteiger partial charge in [-0.3, -0.25) is 4.68 Å². The smallest absolute Gasteiger partial charge is 0.160 e. The first-order chi connectivity index (χ1) is 9.60. The van der Waals surface area contributed by atoms with Crippen LogP contribution in [-0.4, -0.2) is 28.5 Å². The third kappa shape index (κ3) is 3.51. The number of methoxy groups -OCH3 is 1. The Hall–Kier alpha value is -2.01. The molecule has 0 aliphatic carbocycles. The Bertz CT molecular complexity index is 566. The summed E-state index contributed by atoms with van der Waals surface area (Å²) in [6.07, 6.45) is 2.84. The van der Waals surface area contributed by atoms with Crippen LogP contribution < -0.4 is 10.1 Å². The van der Waals surface area contributed by atoms with Gasteiger partial charge < -0.3 is 15.2 Å². The number of aromatic nitrogens is 2. The van der Waals surface area contributed by atoms with Crippen LogP contribution in [0.1, 0.15) is 24.2 Å². The third-order valence-corrected chi connectivity index (χ3v) is 3.30. The van der Waals surface area contributed by atoms with Crippen LogP contribution in [0.5, 0.6) is 11.5 Å². The van der Waals surface area contributed by atoms with Crippen molar-refractivity contribution in [3.63, 3.8) is 0 Å². The van der Waals surface area contributed by atoms with Gasteiger partial charge in [0.25, 0.3) is 0 Å². The quantitative estimate of drug-likeness (QED) is 0.847. The second-order valence-electron chi connectivity index (χ2n) is 4.84. The van der Waals surface area contributed by atoms with E-state index in [1.54, 1.807) is 13.2 Å². The molecule has 5 nitrogen and oxygen atoms in total. The number of phenols is 1.